The molecule has 0 fully saturated rings. The third-order valence-corrected chi connectivity index (χ3v) is 1.39. The molecule has 0 unspecified atom stereocenters. The molecule has 0 saturated heterocycles. The van der Waals surface area contributed by atoms with Gasteiger partial charge in [0.05, 0.1) is 7.11 Å². The van der Waals surface area contributed by atoms with Crippen molar-refractivity contribution in [2.75, 3.05) is 12.8 Å². The molecule has 0 saturated carbocycles. The maximum Gasteiger partial charge on any atom is 0.215 e. The summed E-state index contributed by atoms with van der Waals surface area (Å²) in [6.07, 6.45) is 0. The predicted octanol–water partition coefficient (Wildman–Crippen LogP) is 0.875. The molecule has 1 aromatic rings. The molecule has 0 aliphatic rings. The summed E-state index contributed by atoms with van der Waals surface area (Å²) in [6.45, 7) is 1.43. The van der Waals surface area contributed by atoms with Gasteiger partial charge in [0.1, 0.15) is 5.69 Å². The molecule has 0 aromatic carbocycles. The molecule has 0 amide bonds. The maximum atomic E-state index is 10.9. The third kappa shape index (κ3) is 1.72. The molecule has 0 radical (unpaired) electrons. The van der Waals surface area contributed by atoms with E-state index in [2.05, 4.69) is 4.98 Å². The first-order valence-corrected chi connectivity index (χ1v) is 3.46. The molecule has 0 spiro atoms. The summed E-state index contributed by atoms with van der Waals surface area (Å²) >= 11 is 0. The average Bonchev–Trinajstić information content (AvgIpc) is 2.03. The highest BCUT2D eigenvalue weighted by atomic mass is 16.5. The summed E-state index contributed by atoms with van der Waals surface area (Å²) in [4.78, 5) is 14.8. The molecule has 4 heteroatoms. The largest absolute Gasteiger partial charge is 0.481 e. The van der Waals surface area contributed by atoms with Crippen LogP contribution in [0.4, 0.5) is 5.69 Å². The molecule has 1 aromatic heterocycles. The smallest absolute Gasteiger partial charge is 0.215 e. The van der Waals surface area contributed by atoms with E-state index in [1.54, 1.807) is 6.07 Å². The fourth-order valence-corrected chi connectivity index (χ4v) is 0.810. The Morgan fingerprint density at radius 3 is 2.75 bits per heavy atom. The van der Waals surface area contributed by atoms with E-state index < -0.39 is 0 Å². The minimum absolute atomic E-state index is 0.124. The van der Waals surface area contributed by atoms with Crippen molar-refractivity contribution in [3.8, 4) is 5.88 Å². The molecule has 4 nitrogen and oxygen atoms in total. The number of Topliss-reactive ketones (excluding diaryl/α,β-unsaturated/α-hetero) is 1. The standard InChI is InChI=1S/C8H10N2O2/c1-5(11)7-3-6(9)4-8(10-7)12-2/h3-4H,1-2H3,(H2,9,10). The Labute approximate surface area is 70.4 Å². The number of methoxy groups -OCH3 is 1. The van der Waals surface area contributed by atoms with Crippen molar-refractivity contribution in [2.24, 2.45) is 0 Å². The second-order valence-corrected chi connectivity index (χ2v) is 2.38. The molecule has 0 aliphatic carbocycles. The summed E-state index contributed by atoms with van der Waals surface area (Å²) in [5.74, 6) is 0.237. The Kier molecular flexibility index (Phi) is 2.28. The summed E-state index contributed by atoms with van der Waals surface area (Å²) in [5.41, 5.74) is 6.31. The van der Waals surface area contributed by atoms with E-state index >= 15 is 0 Å². The number of aromatic nitrogens is 1. The highest BCUT2D eigenvalue weighted by Crippen LogP contribution is 2.13. The molecule has 2 N–H and O–H groups in total. The lowest BCUT2D eigenvalue weighted by Gasteiger charge is -2.01. The van der Waals surface area contributed by atoms with Gasteiger partial charge < -0.3 is 10.5 Å². The van der Waals surface area contributed by atoms with E-state index in [0.29, 0.717) is 17.3 Å². The fraction of sp³-hybridized carbons (Fsp3) is 0.250. The number of ketones is 1. The number of nitrogens with zero attached hydrogens (tertiary/aromatic N) is 1. The zero-order chi connectivity index (χ0) is 9.14. The molecule has 12 heavy (non-hydrogen) atoms. The Balaban J connectivity index is 3.15. The first kappa shape index (κ1) is 8.52. The van der Waals surface area contributed by atoms with E-state index in [0.717, 1.165) is 0 Å². The van der Waals surface area contributed by atoms with E-state index in [-0.39, 0.29) is 5.78 Å². The van der Waals surface area contributed by atoms with Crippen molar-refractivity contribution in [1.29, 1.82) is 0 Å². The van der Waals surface area contributed by atoms with Gasteiger partial charge in [-0.05, 0) is 6.07 Å². The van der Waals surface area contributed by atoms with Gasteiger partial charge in [-0.3, -0.25) is 4.79 Å². The summed E-state index contributed by atoms with van der Waals surface area (Å²) < 4.78 is 4.84. The summed E-state index contributed by atoms with van der Waals surface area (Å²) in [6, 6.07) is 3.08. The summed E-state index contributed by atoms with van der Waals surface area (Å²) in [7, 11) is 1.48. The van der Waals surface area contributed by atoms with E-state index in [4.69, 9.17) is 10.5 Å². The molecule has 0 atom stereocenters. The van der Waals surface area contributed by atoms with Crippen molar-refractivity contribution in [2.45, 2.75) is 6.92 Å². The van der Waals surface area contributed by atoms with Crippen LogP contribution in [0.1, 0.15) is 17.4 Å². The monoisotopic (exact) mass is 166 g/mol. The van der Waals surface area contributed by atoms with Crippen LogP contribution in [0.15, 0.2) is 12.1 Å². The summed E-state index contributed by atoms with van der Waals surface area (Å²) in [5, 5.41) is 0. The Morgan fingerprint density at radius 1 is 1.58 bits per heavy atom. The molecule has 1 rings (SSSR count). The lowest BCUT2D eigenvalue weighted by molar-refractivity contribution is 0.101. The SMILES string of the molecule is COc1cc(N)cc(C(C)=O)n1. The van der Waals surface area contributed by atoms with Gasteiger partial charge in [-0.15, -0.1) is 0 Å². The van der Waals surface area contributed by atoms with Crippen LogP contribution >= 0.6 is 0 Å². The Morgan fingerprint density at radius 2 is 2.25 bits per heavy atom. The van der Waals surface area contributed by atoms with Crippen molar-refractivity contribution in [3.63, 3.8) is 0 Å². The zero-order valence-electron chi connectivity index (χ0n) is 7.00. The van der Waals surface area contributed by atoms with Crippen LogP contribution in [-0.4, -0.2) is 17.9 Å². The van der Waals surface area contributed by atoms with Crippen molar-refractivity contribution in [1.82, 2.24) is 4.98 Å². The van der Waals surface area contributed by atoms with E-state index in [9.17, 15) is 4.79 Å². The highest BCUT2D eigenvalue weighted by molar-refractivity contribution is 5.93. The minimum Gasteiger partial charge on any atom is -0.481 e. The van der Waals surface area contributed by atoms with Crippen LogP contribution in [0.2, 0.25) is 0 Å². The van der Waals surface area contributed by atoms with Gasteiger partial charge in [0.15, 0.2) is 5.78 Å². The average molecular weight is 166 g/mol. The van der Waals surface area contributed by atoms with Crippen LogP contribution in [0.25, 0.3) is 0 Å². The highest BCUT2D eigenvalue weighted by Gasteiger charge is 2.04. The van der Waals surface area contributed by atoms with Gasteiger partial charge in [-0.2, -0.15) is 0 Å². The Hall–Kier alpha value is -1.58. The molecule has 0 bridgehead atoms. The lowest BCUT2D eigenvalue weighted by atomic mass is 10.2. The minimum atomic E-state index is -0.124. The number of rotatable bonds is 2. The van der Waals surface area contributed by atoms with Crippen LogP contribution in [0.3, 0.4) is 0 Å². The topological polar surface area (TPSA) is 65.2 Å². The van der Waals surface area contributed by atoms with Crippen molar-refractivity contribution >= 4 is 11.5 Å². The molecular formula is C8H10N2O2. The molecule has 64 valence electrons. The van der Waals surface area contributed by atoms with Crippen LogP contribution in [0.5, 0.6) is 5.88 Å². The number of nitrogens with two attached hydrogens (primary N) is 1. The van der Waals surface area contributed by atoms with Gasteiger partial charge >= 0.3 is 0 Å². The Bertz CT molecular complexity index is 310. The predicted molar refractivity (Wildman–Crippen MR) is 45.2 cm³/mol. The van der Waals surface area contributed by atoms with Crippen molar-refractivity contribution < 1.29 is 9.53 Å². The number of anilines is 1. The second kappa shape index (κ2) is 3.21. The first-order valence-electron chi connectivity index (χ1n) is 3.46. The molecule has 0 aliphatic heterocycles. The fourth-order valence-electron chi connectivity index (χ4n) is 0.810. The number of nitrogen functional groups attached to an aromatic ring is 1. The second-order valence-electron chi connectivity index (χ2n) is 2.38. The molecular weight excluding hydrogens is 156 g/mol. The normalized spacial score (nSPS) is 9.50. The van der Waals surface area contributed by atoms with Gasteiger partial charge in [0.25, 0.3) is 0 Å². The molecule has 1 heterocycles. The lowest BCUT2D eigenvalue weighted by Crippen LogP contribution is -2.00. The number of hydrogen-bond donors (Lipinski definition) is 1. The quantitative estimate of drug-likeness (QED) is 0.662. The third-order valence-electron chi connectivity index (χ3n) is 1.39. The van der Waals surface area contributed by atoms with Crippen LogP contribution < -0.4 is 10.5 Å². The van der Waals surface area contributed by atoms with Gasteiger partial charge in [-0.1, -0.05) is 0 Å². The van der Waals surface area contributed by atoms with Crippen LogP contribution in [-0.2, 0) is 0 Å². The van der Waals surface area contributed by atoms with E-state index in [1.807, 2.05) is 0 Å². The van der Waals surface area contributed by atoms with Crippen molar-refractivity contribution in [3.05, 3.63) is 17.8 Å². The number of hydrogen-bond acceptors (Lipinski definition) is 4. The zero-order valence-corrected chi connectivity index (χ0v) is 7.00. The van der Waals surface area contributed by atoms with Gasteiger partial charge in [0.2, 0.25) is 5.88 Å². The number of carbonyl (C=O) groups excluding carboxylic acids is 1. The van der Waals surface area contributed by atoms with Gasteiger partial charge in [-0.25, -0.2) is 4.98 Å². The van der Waals surface area contributed by atoms with Crippen LogP contribution in [0, 0.1) is 0 Å². The van der Waals surface area contributed by atoms with E-state index in [1.165, 1.54) is 20.1 Å². The maximum absolute atomic E-state index is 10.9. The number of ether oxygens (including phenoxy) is 1. The number of pyridine rings is 1. The van der Waals surface area contributed by atoms with Gasteiger partial charge in [0, 0.05) is 18.7 Å². The number of carbonyl (C=O) groups is 1. The first-order chi connectivity index (χ1) is 5.63.